The fourth-order valence-corrected chi connectivity index (χ4v) is 4.87. The maximum atomic E-state index is 12.9. The molecule has 1 N–H and O–H groups in total. The van der Waals surface area contributed by atoms with E-state index in [1.807, 2.05) is 49.4 Å². The first-order valence-electron chi connectivity index (χ1n) is 7.34. The number of sulfonamides is 1. The van der Waals surface area contributed by atoms with Crippen molar-refractivity contribution >= 4 is 26.5 Å². The highest BCUT2D eigenvalue weighted by atomic mass is 32.2. The maximum absolute atomic E-state index is 12.9. The lowest BCUT2D eigenvalue weighted by Gasteiger charge is -2.27. The van der Waals surface area contributed by atoms with Gasteiger partial charge in [0.05, 0.1) is 10.9 Å². The average Bonchev–Trinajstić information content (AvgIpc) is 3.03. The molecule has 3 rings (SSSR count). The van der Waals surface area contributed by atoms with Crippen LogP contribution in [0.2, 0.25) is 0 Å². The number of nitrogens with one attached hydrogen (secondary N) is 1. The van der Waals surface area contributed by atoms with Crippen LogP contribution in [0, 0.1) is 0 Å². The average molecular weight is 304 g/mol. The number of rotatable bonds is 4. The van der Waals surface area contributed by atoms with E-state index in [4.69, 9.17) is 0 Å². The Kier molecular flexibility index (Phi) is 3.87. The minimum absolute atomic E-state index is 0.323. The number of nitrogens with zero attached hydrogens (tertiary/aromatic N) is 1. The summed E-state index contributed by atoms with van der Waals surface area (Å²) in [6, 6.07) is 13.7. The minimum Gasteiger partial charge on any atom is -0.315 e. The van der Waals surface area contributed by atoms with Gasteiger partial charge in [-0.05, 0) is 31.3 Å². The molecule has 1 aliphatic heterocycles. The first-order chi connectivity index (χ1) is 10.1. The summed E-state index contributed by atoms with van der Waals surface area (Å²) in [5, 5.41) is 4.86. The highest BCUT2D eigenvalue weighted by Gasteiger charge is 2.34. The van der Waals surface area contributed by atoms with Crippen molar-refractivity contribution in [3.8, 4) is 0 Å². The third-order valence-corrected chi connectivity index (χ3v) is 6.38. The summed E-state index contributed by atoms with van der Waals surface area (Å²) < 4.78 is 27.4. The largest absolute Gasteiger partial charge is 0.315 e. The van der Waals surface area contributed by atoms with Gasteiger partial charge in [-0.25, -0.2) is 8.42 Å². The quantitative estimate of drug-likeness (QED) is 0.943. The van der Waals surface area contributed by atoms with E-state index >= 15 is 0 Å². The van der Waals surface area contributed by atoms with Gasteiger partial charge in [0.1, 0.15) is 0 Å². The molecule has 112 valence electrons. The van der Waals surface area contributed by atoms with Crippen molar-refractivity contribution < 1.29 is 8.42 Å². The van der Waals surface area contributed by atoms with Gasteiger partial charge in [0.25, 0.3) is 0 Å². The monoisotopic (exact) mass is 304 g/mol. The van der Waals surface area contributed by atoms with Gasteiger partial charge in [-0.15, -0.1) is 0 Å². The minimum atomic E-state index is -3.32. The molecule has 0 amide bonds. The summed E-state index contributed by atoms with van der Waals surface area (Å²) >= 11 is 0. The predicted molar refractivity (Wildman–Crippen MR) is 87.2 cm³/mol. The Hall–Kier alpha value is -1.59. The van der Waals surface area contributed by atoms with Crippen molar-refractivity contribution in [2.75, 3.05) is 23.9 Å². The molecule has 0 saturated carbocycles. The smallest absolute Gasteiger partial charge is 0.239 e. The second-order valence-electron chi connectivity index (χ2n) is 5.32. The zero-order chi connectivity index (χ0) is 14.9. The molecule has 1 atom stereocenters. The van der Waals surface area contributed by atoms with Crippen molar-refractivity contribution in [2.24, 2.45) is 0 Å². The fourth-order valence-electron chi connectivity index (χ4n) is 2.98. The molecule has 1 unspecified atom stereocenters. The summed E-state index contributed by atoms with van der Waals surface area (Å²) in [5.74, 6) is 0. The Morgan fingerprint density at radius 2 is 1.95 bits per heavy atom. The summed E-state index contributed by atoms with van der Waals surface area (Å²) in [6.45, 7) is 3.66. The van der Waals surface area contributed by atoms with Gasteiger partial charge in [0, 0.05) is 18.5 Å². The molecule has 21 heavy (non-hydrogen) atoms. The summed E-state index contributed by atoms with van der Waals surface area (Å²) in [5.41, 5.74) is 0.780. The molecule has 1 aliphatic rings. The summed E-state index contributed by atoms with van der Waals surface area (Å²) in [7, 11) is -3.32. The van der Waals surface area contributed by atoms with E-state index in [0.29, 0.717) is 19.5 Å². The Bertz CT molecular complexity index is 732. The molecule has 1 fully saturated rings. The lowest BCUT2D eigenvalue weighted by Crippen LogP contribution is -2.40. The highest BCUT2D eigenvalue weighted by molar-refractivity contribution is 7.93. The second-order valence-corrected chi connectivity index (χ2v) is 7.46. The van der Waals surface area contributed by atoms with Gasteiger partial charge in [-0.1, -0.05) is 36.4 Å². The molecule has 4 nitrogen and oxygen atoms in total. The third kappa shape index (κ3) is 2.51. The molecule has 0 aromatic heterocycles. The number of benzene rings is 2. The molecule has 2 aromatic carbocycles. The highest BCUT2D eigenvalue weighted by Crippen LogP contribution is 2.30. The molecule has 5 heteroatoms. The molecule has 0 spiro atoms. The zero-order valence-electron chi connectivity index (χ0n) is 12.1. The fraction of sp³-hybridized carbons (Fsp3) is 0.375. The van der Waals surface area contributed by atoms with Crippen LogP contribution in [0.25, 0.3) is 10.8 Å². The standard InChI is InChI=1S/C16H20N2O2S/c1-2-18(21(19,20)14-10-11-17-12-14)16-9-5-7-13-6-3-4-8-15(13)16/h3-9,14,17H,2,10-12H2,1H3. The first-order valence-corrected chi connectivity index (χ1v) is 8.85. The van der Waals surface area contributed by atoms with Crippen LogP contribution in [0.1, 0.15) is 13.3 Å². The Morgan fingerprint density at radius 1 is 1.19 bits per heavy atom. The Labute approximate surface area is 125 Å². The molecular formula is C16H20N2O2S. The molecule has 0 bridgehead atoms. The van der Waals surface area contributed by atoms with Gasteiger partial charge in [0.2, 0.25) is 10.0 Å². The summed E-state index contributed by atoms with van der Waals surface area (Å²) in [6.07, 6.45) is 0.684. The van der Waals surface area contributed by atoms with Crippen LogP contribution in [-0.2, 0) is 10.0 Å². The molecule has 1 heterocycles. The van der Waals surface area contributed by atoms with Crippen LogP contribution in [0.4, 0.5) is 5.69 Å². The number of hydrogen-bond donors (Lipinski definition) is 1. The Balaban J connectivity index is 2.10. The van der Waals surface area contributed by atoms with Crippen molar-refractivity contribution in [3.63, 3.8) is 0 Å². The van der Waals surface area contributed by atoms with Crippen LogP contribution in [0.3, 0.4) is 0 Å². The normalized spacial score (nSPS) is 19.0. The molecule has 1 saturated heterocycles. The number of anilines is 1. The predicted octanol–water partition coefficient (Wildman–Crippen LogP) is 2.36. The van der Waals surface area contributed by atoms with Crippen LogP contribution in [0.15, 0.2) is 42.5 Å². The van der Waals surface area contributed by atoms with E-state index in [9.17, 15) is 8.42 Å². The SMILES string of the molecule is CCN(c1cccc2ccccc12)S(=O)(=O)C1CCNC1. The number of hydrogen-bond acceptors (Lipinski definition) is 3. The number of fused-ring (bicyclic) bond motifs is 1. The third-order valence-electron chi connectivity index (χ3n) is 4.07. The van der Waals surface area contributed by atoms with Gasteiger partial charge in [-0.3, -0.25) is 4.31 Å². The van der Waals surface area contributed by atoms with Crippen molar-refractivity contribution in [3.05, 3.63) is 42.5 Å². The molecular weight excluding hydrogens is 284 g/mol. The zero-order valence-corrected chi connectivity index (χ0v) is 12.9. The van der Waals surface area contributed by atoms with Crippen LogP contribution in [-0.4, -0.2) is 33.3 Å². The van der Waals surface area contributed by atoms with E-state index in [1.165, 1.54) is 0 Å². The Morgan fingerprint density at radius 3 is 2.67 bits per heavy atom. The molecule has 0 aliphatic carbocycles. The first kappa shape index (κ1) is 14.4. The van der Waals surface area contributed by atoms with Gasteiger partial charge < -0.3 is 5.32 Å². The molecule has 2 aromatic rings. The van der Waals surface area contributed by atoms with Gasteiger partial charge in [-0.2, -0.15) is 0 Å². The van der Waals surface area contributed by atoms with Crippen molar-refractivity contribution in [2.45, 2.75) is 18.6 Å². The molecule has 0 radical (unpaired) electrons. The summed E-state index contributed by atoms with van der Waals surface area (Å²) in [4.78, 5) is 0. The van der Waals surface area contributed by atoms with E-state index in [1.54, 1.807) is 4.31 Å². The van der Waals surface area contributed by atoms with Gasteiger partial charge in [0.15, 0.2) is 0 Å². The van der Waals surface area contributed by atoms with Crippen molar-refractivity contribution in [1.29, 1.82) is 0 Å². The van der Waals surface area contributed by atoms with Crippen molar-refractivity contribution in [1.82, 2.24) is 5.32 Å². The van der Waals surface area contributed by atoms with E-state index < -0.39 is 10.0 Å². The van der Waals surface area contributed by atoms with Crippen LogP contribution in [0.5, 0.6) is 0 Å². The topological polar surface area (TPSA) is 49.4 Å². The lowest BCUT2D eigenvalue weighted by atomic mass is 10.1. The second kappa shape index (κ2) is 5.66. The van der Waals surface area contributed by atoms with E-state index in [-0.39, 0.29) is 5.25 Å². The van der Waals surface area contributed by atoms with Gasteiger partial charge >= 0.3 is 0 Å². The van der Waals surface area contributed by atoms with E-state index in [0.717, 1.165) is 23.0 Å². The van der Waals surface area contributed by atoms with E-state index in [2.05, 4.69) is 5.32 Å². The lowest BCUT2D eigenvalue weighted by molar-refractivity contribution is 0.578. The van der Waals surface area contributed by atoms with Crippen LogP contribution >= 0.6 is 0 Å². The van der Waals surface area contributed by atoms with Crippen LogP contribution < -0.4 is 9.62 Å². The maximum Gasteiger partial charge on any atom is 0.239 e.